The standard InChI is InChI=1S/C62H38/c1-5-45-25-27-49-29-33-55(57-35-31-47(7-1)59(45)61(49)57)44-23-21-40(22-24-44)39-13-15-41(16-14-39)51-9-3-10-52(37-51)42-17-19-43(20-18-42)53-11-4-12-54(38-53)56-34-30-50-28-26-46-6-2-8-48-32-36-58(56)62(50)60(46)48/h1-38H. The second-order valence-corrected chi connectivity index (χ2v) is 16.8. The molecule has 0 aliphatic heterocycles. The summed E-state index contributed by atoms with van der Waals surface area (Å²) in [5.41, 5.74) is 14.7. The smallest absolute Gasteiger partial charge is 0.00206 e. The lowest BCUT2D eigenvalue weighted by atomic mass is 9.89. The molecule has 62 heavy (non-hydrogen) atoms. The molecule has 0 nitrogen and oxygen atoms in total. The summed E-state index contributed by atoms with van der Waals surface area (Å²) in [6.45, 7) is 0. The van der Waals surface area contributed by atoms with Crippen LogP contribution in [0.3, 0.4) is 0 Å². The fraction of sp³-hybridized carbons (Fsp3) is 0. The molecule has 13 aromatic carbocycles. The van der Waals surface area contributed by atoms with Crippen molar-refractivity contribution in [2.45, 2.75) is 0 Å². The normalized spacial score (nSPS) is 11.9. The average Bonchev–Trinajstić information content (AvgIpc) is 3.35. The first-order chi connectivity index (χ1) is 30.7. The Balaban J connectivity index is 0.753. The van der Waals surface area contributed by atoms with Crippen molar-refractivity contribution in [2.24, 2.45) is 0 Å². The first-order valence-corrected chi connectivity index (χ1v) is 21.6. The minimum Gasteiger partial charge on any atom is -0.0610 e. The van der Waals surface area contributed by atoms with Crippen molar-refractivity contribution >= 4 is 64.6 Å². The van der Waals surface area contributed by atoms with Gasteiger partial charge >= 0.3 is 0 Å². The third-order valence-corrected chi connectivity index (χ3v) is 13.4. The maximum atomic E-state index is 2.34. The monoisotopic (exact) mass is 782 g/mol. The molecule has 0 saturated heterocycles. The summed E-state index contributed by atoms with van der Waals surface area (Å²) in [4.78, 5) is 0. The van der Waals surface area contributed by atoms with Crippen LogP contribution in [0.1, 0.15) is 0 Å². The second kappa shape index (κ2) is 13.7. The summed E-state index contributed by atoms with van der Waals surface area (Å²) < 4.78 is 0. The van der Waals surface area contributed by atoms with Gasteiger partial charge in [-0.25, -0.2) is 0 Å². The van der Waals surface area contributed by atoms with Gasteiger partial charge in [0.15, 0.2) is 0 Å². The summed E-state index contributed by atoms with van der Waals surface area (Å²) in [6.07, 6.45) is 0. The third kappa shape index (κ3) is 5.54. The lowest BCUT2D eigenvalue weighted by Gasteiger charge is -2.15. The van der Waals surface area contributed by atoms with E-state index < -0.39 is 0 Å². The second-order valence-electron chi connectivity index (χ2n) is 16.8. The molecular formula is C62H38. The van der Waals surface area contributed by atoms with Crippen LogP contribution in [0.5, 0.6) is 0 Å². The highest BCUT2D eigenvalue weighted by molar-refractivity contribution is 6.26. The van der Waals surface area contributed by atoms with Crippen LogP contribution in [-0.4, -0.2) is 0 Å². The molecular weight excluding hydrogens is 745 g/mol. The van der Waals surface area contributed by atoms with E-state index in [0.717, 1.165) is 0 Å². The zero-order chi connectivity index (χ0) is 40.7. The van der Waals surface area contributed by atoms with E-state index in [-0.39, 0.29) is 0 Å². The summed E-state index contributed by atoms with van der Waals surface area (Å²) in [5.74, 6) is 0. The van der Waals surface area contributed by atoms with Gasteiger partial charge in [-0.15, -0.1) is 0 Å². The Labute approximate surface area is 360 Å². The van der Waals surface area contributed by atoms with Gasteiger partial charge in [0, 0.05) is 0 Å². The molecule has 0 aliphatic rings. The van der Waals surface area contributed by atoms with E-state index in [9.17, 15) is 0 Å². The summed E-state index contributed by atoms with van der Waals surface area (Å²) in [5, 5.41) is 15.8. The summed E-state index contributed by atoms with van der Waals surface area (Å²) in [7, 11) is 0. The van der Waals surface area contributed by atoms with E-state index in [1.165, 1.54) is 131 Å². The van der Waals surface area contributed by atoms with Crippen LogP contribution < -0.4 is 0 Å². The van der Waals surface area contributed by atoms with Crippen LogP contribution in [0.2, 0.25) is 0 Å². The fourth-order valence-corrected chi connectivity index (χ4v) is 10.3. The maximum Gasteiger partial charge on any atom is -0.00206 e. The topological polar surface area (TPSA) is 0 Å². The van der Waals surface area contributed by atoms with Crippen molar-refractivity contribution in [1.29, 1.82) is 0 Å². The molecule has 0 spiro atoms. The van der Waals surface area contributed by atoms with E-state index in [1.54, 1.807) is 0 Å². The zero-order valence-electron chi connectivity index (χ0n) is 33.9. The minimum atomic E-state index is 1.21. The molecule has 13 rings (SSSR count). The Kier molecular flexibility index (Phi) is 7.71. The van der Waals surface area contributed by atoms with Gasteiger partial charge in [-0.1, -0.05) is 218 Å². The van der Waals surface area contributed by atoms with Gasteiger partial charge in [0.05, 0.1) is 0 Å². The highest BCUT2D eigenvalue weighted by Crippen LogP contribution is 2.42. The fourth-order valence-electron chi connectivity index (χ4n) is 10.3. The largest absolute Gasteiger partial charge is 0.0610 e. The van der Waals surface area contributed by atoms with Gasteiger partial charge in [-0.3, -0.25) is 0 Å². The lowest BCUT2D eigenvalue weighted by Crippen LogP contribution is -1.88. The summed E-state index contributed by atoms with van der Waals surface area (Å²) >= 11 is 0. The highest BCUT2D eigenvalue weighted by atomic mass is 14.2. The summed E-state index contributed by atoms with van der Waals surface area (Å²) in [6, 6.07) is 85.5. The molecule has 0 heteroatoms. The van der Waals surface area contributed by atoms with Crippen molar-refractivity contribution in [3.63, 3.8) is 0 Å². The van der Waals surface area contributed by atoms with E-state index in [2.05, 4.69) is 231 Å². The van der Waals surface area contributed by atoms with Gasteiger partial charge < -0.3 is 0 Å². The molecule has 0 N–H and O–H groups in total. The Bertz CT molecular complexity index is 3780. The first-order valence-electron chi connectivity index (χ1n) is 21.6. The van der Waals surface area contributed by atoms with Gasteiger partial charge in [0.2, 0.25) is 0 Å². The Morgan fingerprint density at radius 3 is 0.855 bits per heavy atom. The minimum absolute atomic E-state index is 1.21. The van der Waals surface area contributed by atoms with Crippen LogP contribution in [0.25, 0.3) is 131 Å². The molecule has 0 bridgehead atoms. The van der Waals surface area contributed by atoms with Crippen molar-refractivity contribution < 1.29 is 0 Å². The van der Waals surface area contributed by atoms with Gasteiger partial charge in [0.1, 0.15) is 0 Å². The average molecular weight is 783 g/mol. The Hall–Kier alpha value is -8.06. The van der Waals surface area contributed by atoms with Crippen molar-refractivity contribution in [2.75, 3.05) is 0 Å². The van der Waals surface area contributed by atoms with Crippen LogP contribution >= 0.6 is 0 Å². The van der Waals surface area contributed by atoms with E-state index >= 15 is 0 Å². The Morgan fingerprint density at radius 2 is 0.435 bits per heavy atom. The van der Waals surface area contributed by atoms with Crippen molar-refractivity contribution in [3.8, 4) is 66.8 Å². The molecule has 13 aromatic rings. The molecule has 0 unspecified atom stereocenters. The van der Waals surface area contributed by atoms with Crippen LogP contribution in [0.4, 0.5) is 0 Å². The van der Waals surface area contributed by atoms with Crippen LogP contribution in [0.15, 0.2) is 231 Å². The zero-order valence-corrected chi connectivity index (χ0v) is 33.9. The molecule has 0 atom stereocenters. The van der Waals surface area contributed by atoms with Crippen LogP contribution in [-0.2, 0) is 0 Å². The Morgan fingerprint density at radius 1 is 0.161 bits per heavy atom. The lowest BCUT2D eigenvalue weighted by molar-refractivity contribution is 1.56. The van der Waals surface area contributed by atoms with Crippen molar-refractivity contribution in [1.82, 2.24) is 0 Å². The van der Waals surface area contributed by atoms with Gasteiger partial charge in [0.25, 0.3) is 0 Å². The third-order valence-electron chi connectivity index (χ3n) is 13.4. The van der Waals surface area contributed by atoms with Gasteiger partial charge in [-0.05, 0) is 144 Å². The van der Waals surface area contributed by atoms with Crippen molar-refractivity contribution in [3.05, 3.63) is 231 Å². The highest BCUT2D eigenvalue weighted by Gasteiger charge is 2.15. The molecule has 286 valence electrons. The predicted octanol–water partition coefficient (Wildman–Crippen LogP) is 17.5. The van der Waals surface area contributed by atoms with Crippen LogP contribution in [0, 0.1) is 0 Å². The molecule has 0 heterocycles. The maximum absolute atomic E-state index is 2.34. The first kappa shape index (κ1) is 34.8. The molecule has 0 aliphatic carbocycles. The number of rotatable bonds is 6. The predicted molar refractivity (Wildman–Crippen MR) is 266 cm³/mol. The molecule has 0 aromatic heterocycles. The molecule has 0 radical (unpaired) electrons. The van der Waals surface area contributed by atoms with E-state index in [1.807, 2.05) is 0 Å². The molecule has 0 saturated carbocycles. The number of hydrogen-bond donors (Lipinski definition) is 0. The SMILES string of the molecule is c1cc(-c2ccc(-c3ccc(-c4ccc5ccc6cccc7ccc4c5c67)cc3)cc2)cc(-c2ccc(-c3cccc(-c4ccc5ccc6cccc7ccc4c5c67)c3)cc2)c1. The molecule has 0 amide bonds. The van der Waals surface area contributed by atoms with E-state index in [0.29, 0.717) is 0 Å². The number of hydrogen-bond acceptors (Lipinski definition) is 0. The number of benzene rings is 13. The quantitative estimate of drug-likeness (QED) is 0.147. The van der Waals surface area contributed by atoms with Gasteiger partial charge in [-0.2, -0.15) is 0 Å². The molecule has 0 fully saturated rings. The van der Waals surface area contributed by atoms with E-state index in [4.69, 9.17) is 0 Å².